The molecule has 0 saturated heterocycles. The van der Waals surface area contributed by atoms with E-state index in [0.717, 1.165) is 24.3 Å². The Morgan fingerprint density at radius 2 is 0.857 bits per heavy atom. The fourth-order valence-corrected chi connectivity index (χ4v) is 1.03. The standard InChI is InChI=1S/2C8H13NO4.2C4H10.Sn/c2*1-9(2)5-6-13-8(12)4-3-7(10)11;2*1-3-4-2;/h2*3-4H,5-6H2,1-2H3,(H,10,11);2*3-4H2,1-2H3;/b2*4-3+;;;. The van der Waals surface area contributed by atoms with Gasteiger partial charge in [-0.3, -0.25) is 0 Å². The Morgan fingerprint density at radius 3 is 1.03 bits per heavy atom. The molecule has 2 N–H and O–H groups in total. The Balaban J connectivity index is -0.000000128. The van der Waals surface area contributed by atoms with E-state index < -0.39 is 23.9 Å². The first-order valence-electron chi connectivity index (χ1n) is 11.3. The summed E-state index contributed by atoms with van der Waals surface area (Å²) in [7, 11) is 7.39. The molecule has 0 spiro atoms. The molecule has 0 heterocycles. The molecule has 0 aromatic carbocycles. The fraction of sp³-hybridized carbons (Fsp3) is 0.667. The Kier molecular flexibility index (Phi) is 42.2. The van der Waals surface area contributed by atoms with Gasteiger partial charge in [0.1, 0.15) is 13.2 Å². The average molecular weight is 609 g/mol. The molecule has 0 fully saturated rings. The first-order chi connectivity index (χ1) is 15.9. The van der Waals surface area contributed by atoms with Gasteiger partial charge in [0.2, 0.25) is 0 Å². The topological polar surface area (TPSA) is 134 Å². The number of hydrogen-bond acceptors (Lipinski definition) is 8. The van der Waals surface area contributed by atoms with Gasteiger partial charge in [-0.05, 0) is 28.2 Å². The molecule has 0 aliphatic heterocycles. The number of likely N-dealkylation sites (N-methyl/N-ethyl adjacent to an activating group) is 2. The zero-order valence-corrected chi connectivity index (χ0v) is 25.6. The number of rotatable bonds is 12. The van der Waals surface area contributed by atoms with Crippen molar-refractivity contribution in [3.63, 3.8) is 0 Å². The van der Waals surface area contributed by atoms with Crippen LogP contribution < -0.4 is 0 Å². The minimum Gasteiger partial charge on any atom is -0.478 e. The molecule has 0 bridgehead atoms. The quantitative estimate of drug-likeness (QED) is 0.193. The van der Waals surface area contributed by atoms with Gasteiger partial charge in [-0.15, -0.1) is 0 Å². The second kappa shape index (κ2) is 34.2. The van der Waals surface area contributed by atoms with Gasteiger partial charge in [-0.2, -0.15) is 0 Å². The van der Waals surface area contributed by atoms with Gasteiger partial charge in [-0.25, -0.2) is 19.2 Å². The average Bonchev–Trinajstić information content (AvgIpc) is 2.76. The van der Waals surface area contributed by atoms with Crippen molar-refractivity contribution in [1.82, 2.24) is 9.80 Å². The van der Waals surface area contributed by atoms with E-state index in [-0.39, 0.29) is 37.1 Å². The van der Waals surface area contributed by atoms with Crippen LogP contribution in [0.1, 0.15) is 53.4 Å². The second-order valence-electron chi connectivity index (χ2n) is 7.28. The summed E-state index contributed by atoms with van der Waals surface area (Å²) in [5.41, 5.74) is 0. The van der Waals surface area contributed by atoms with Gasteiger partial charge < -0.3 is 29.5 Å². The predicted octanol–water partition coefficient (Wildman–Crippen LogP) is 2.70. The van der Waals surface area contributed by atoms with E-state index in [1.807, 2.05) is 38.0 Å². The summed E-state index contributed by atoms with van der Waals surface area (Å²) in [4.78, 5) is 45.2. The van der Waals surface area contributed by atoms with Crippen LogP contribution >= 0.6 is 0 Å². The van der Waals surface area contributed by atoms with Crippen molar-refractivity contribution in [3.05, 3.63) is 24.3 Å². The summed E-state index contributed by atoms with van der Waals surface area (Å²) in [5.74, 6) is -3.59. The normalized spacial score (nSPS) is 9.66. The van der Waals surface area contributed by atoms with Crippen LogP contribution in [-0.4, -0.2) is 122 Å². The minimum atomic E-state index is -1.16. The van der Waals surface area contributed by atoms with Crippen molar-refractivity contribution in [1.29, 1.82) is 0 Å². The monoisotopic (exact) mass is 610 g/mol. The zero-order chi connectivity index (χ0) is 27.4. The molecule has 0 saturated carbocycles. The van der Waals surface area contributed by atoms with Crippen molar-refractivity contribution < 1.29 is 38.9 Å². The number of hydrogen-bond donors (Lipinski definition) is 2. The SMILES string of the molecule is CCCC.CCCC.CN(C)CCOC(=O)/C=C/C(=O)O.CN(C)CCOC(=O)/C=C/C(=O)O.[Sn]. The molecule has 0 unspecified atom stereocenters. The maximum Gasteiger partial charge on any atom is 0.331 e. The molecular formula is C24H46N2O8Sn. The van der Waals surface area contributed by atoms with E-state index in [1.54, 1.807) is 0 Å². The van der Waals surface area contributed by atoms with E-state index >= 15 is 0 Å². The maximum atomic E-state index is 10.7. The van der Waals surface area contributed by atoms with Crippen molar-refractivity contribution in [2.24, 2.45) is 0 Å². The van der Waals surface area contributed by atoms with Crippen LogP contribution in [0.25, 0.3) is 0 Å². The fourth-order valence-electron chi connectivity index (χ4n) is 1.03. The Hall–Kier alpha value is -1.92. The summed E-state index contributed by atoms with van der Waals surface area (Å²) < 4.78 is 9.34. The minimum absolute atomic E-state index is 0. The molecule has 0 aliphatic rings. The summed E-state index contributed by atoms with van der Waals surface area (Å²) in [6.07, 6.45) is 8.55. The summed E-state index contributed by atoms with van der Waals surface area (Å²) in [5, 5.41) is 16.3. The first kappa shape index (κ1) is 43.2. The number of carbonyl (C=O) groups is 4. The van der Waals surface area contributed by atoms with Crippen molar-refractivity contribution in [2.45, 2.75) is 53.4 Å². The molecule has 0 aromatic heterocycles. The predicted molar refractivity (Wildman–Crippen MR) is 139 cm³/mol. The number of aliphatic carboxylic acids is 2. The van der Waals surface area contributed by atoms with Gasteiger partial charge in [0, 0.05) is 61.3 Å². The zero-order valence-electron chi connectivity index (χ0n) is 22.7. The number of carboxylic acid groups (broad SMARTS) is 2. The Morgan fingerprint density at radius 1 is 0.600 bits per heavy atom. The number of carbonyl (C=O) groups excluding carboxylic acids is 2. The number of ether oxygens (including phenoxy) is 2. The van der Waals surface area contributed by atoms with Gasteiger partial charge >= 0.3 is 23.9 Å². The molecule has 0 atom stereocenters. The van der Waals surface area contributed by atoms with E-state index in [1.165, 1.54) is 25.7 Å². The molecule has 0 amide bonds. The first-order valence-corrected chi connectivity index (χ1v) is 11.3. The molecule has 0 aromatic rings. The summed E-state index contributed by atoms with van der Waals surface area (Å²) in [6, 6.07) is 0. The third-order valence-corrected chi connectivity index (χ3v) is 3.29. The van der Waals surface area contributed by atoms with Gasteiger partial charge in [0.05, 0.1) is 0 Å². The van der Waals surface area contributed by atoms with Gasteiger partial charge in [0.25, 0.3) is 0 Å². The van der Waals surface area contributed by atoms with Crippen LogP contribution in [0.2, 0.25) is 0 Å². The molecular weight excluding hydrogens is 563 g/mol. The number of nitrogens with zero attached hydrogens (tertiary/aromatic N) is 2. The van der Waals surface area contributed by atoms with E-state index in [9.17, 15) is 19.2 Å². The van der Waals surface area contributed by atoms with Crippen LogP contribution in [0.4, 0.5) is 0 Å². The third-order valence-electron chi connectivity index (χ3n) is 3.29. The third kappa shape index (κ3) is 59.5. The van der Waals surface area contributed by atoms with Crippen molar-refractivity contribution in [3.8, 4) is 0 Å². The number of unbranched alkanes of at least 4 members (excludes halogenated alkanes) is 2. The molecule has 0 aliphatic carbocycles. The molecule has 4 radical (unpaired) electrons. The second-order valence-corrected chi connectivity index (χ2v) is 7.28. The maximum absolute atomic E-state index is 10.7. The van der Waals surface area contributed by atoms with Crippen LogP contribution in [-0.2, 0) is 28.7 Å². The largest absolute Gasteiger partial charge is 0.478 e. The van der Waals surface area contributed by atoms with Crippen LogP contribution in [0.15, 0.2) is 24.3 Å². The smallest absolute Gasteiger partial charge is 0.331 e. The van der Waals surface area contributed by atoms with E-state index in [2.05, 4.69) is 37.2 Å². The van der Waals surface area contributed by atoms with Crippen LogP contribution in [0.3, 0.4) is 0 Å². The van der Waals surface area contributed by atoms with Gasteiger partial charge in [0.15, 0.2) is 0 Å². The molecule has 0 rings (SSSR count). The molecule has 11 heteroatoms. The number of carboxylic acids is 2. The molecule has 204 valence electrons. The Labute approximate surface area is 228 Å². The van der Waals surface area contributed by atoms with Crippen molar-refractivity contribution in [2.75, 3.05) is 54.5 Å². The van der Waals surface area contributed by atoms with E-state index in [0.29, 0.717) is 13.1 Å². The van der Waals surface area contributed by atoms with Crippen LogP contribution in [0.5, 0.6) is 0 Å². The van der Waals surface area contributed by atoms with Gasteiger partial charge in [-0.1, -0.05) is 53.4 Å². The molecule has 10 nitrogen and oxygen atoms in total. The summed E-state index contributed by atoms with van der Waals surface area (Å²) in [6.45, 7) is 10.5. The number of esters is 2. The van der Waals surface area contributed by atoms with E-state index in [4.69, 9.17) is 10.2 Å². The van der Waals surface area contributed by atoms with Crippen LogP contribution in [0, 0.1) is 0 Å². The summed E-state index contributed by atoms with van der Waals surface area (Å²) >= 11 is 0. The van der Waals surface area contributed by atoms with Crippen molar-refractivity contribution >= 4 is 47.8 Å². The Bertz CT molecular complexity index is 526. The molecule has 35 heavy (non-hydrogen) atoms.